The highest BCUT2D eigenvalue weighted by Gasteiger charge is 2.19. The third-order valence-electron chi connectivity index (χ3n) is 3.17. The summed E-state index contributed by atoms with van der Waals surface area (Å²) in [5, 5.41) is 4.34. The Morgan fingerprint density at radius 2 is 1.81 bits per heavy atom. The summed E-state index contributed by atoms with van der Waals surface area (Å²) >= 11 is 17.9. The van der Waals surface area contributed by atoms with E-state index in [2.05, 4.69) is 5.32 Å². The van der Waals surface area contributed by atoms with Crippen LogP contribution in [0.2, 0.25) is 15.1 Å². The molecule has 0 saturated carbocycles. The quantitative estimate of drug-likeness (QED) is 0.713. The van der Waals surface area contributed by atoms with E-state index >= 15 is 0 Å². The maximum Gasteiger partial charge on any atom is 0.146 e. The fourth-order valence-corrected chi connectivity index (χ4v) is 2.62. The van der Waals surface area contributed by atoms with Crippen LogP contribution >= 0.6 is 34.8 Å². The molecule has 0 amide bonds. The van der Waals surface area contributed by atoms with Crippen molar-refractivity contribution in [1.82, 2.24) is 5.32 Å². The van der Waals surface area contributed by atoms with Gasteiger partial charge in [-0.2, -0.15) is 0 Å². The molecule has 0 aromatic heterocycles. The third kappa shape index (κ3) is 3.89. The standard InChI is InChI=1S/C16H15Cl3FN/c1-2-8-21-16(10-6-7-12(17)14(19)9-10)11-4-3-5-13(18)15(11)20/h3-7,9,16,21H,2,8H2,1H3. The molecule has 1 atom stereocenters. The minimum absolute atomic E-state index is 0.107. The molecule has 1 unspecified atom stereocenters. The molecule has 0 aliphatic carbocycles. The van der Waals surface area contributed by atoms with E-state index in [1.807, 2.05) is 13.0 Å². The lowest BCUT2D eigenvalue weighted by Gasteiger charge is -2.21. The van der Waals surface area contributed by atoms with Crippen LogP contribution in [0.1, 0.15) is 30.5 Å². The molecule has 0 saturated heterocycles. The molecule has 1 N–H and O–H groups in total. The van der Waals surface area contributed by atoms with Crippen LogP contribution in [-0.2, 0) is 0 Å². The Bertz CT molecular complexity index is 631. The van der Waals surface area contributed by atoms with E-state index in [9.17, 15) is 4.39 Å². The third-order valence-corrected chi connectivity index (χ3v) is 4.20. The van der Waals surface area contributed by atoms with Gasteiger partial charge in [0.05, 0.1) is 21.1 Å². The average Bonchev–Trinajstić information content (AvgIpc) is 2.47. The molecule has 0 bridgehead atoms. The fourth-order valence-electron chi connectivity index (χ4n) is 2.13. The topological polar surface area (TPSA) is 12.0 Å². The highest BCUT2D eigenvalue weighted by atomic mass is 35.5. The smallest absolute Gasteiger partial charge is 0.146 e. The summed E-state index contributed by atoms with van der Waals surface area (Å²) in [6.45, 7) is 2.80. The maximum atomic E-state index is 14.3. The number of rotatable bonds is 5. The molecule has 112 valence electrons. The Morgan fingerprint density at radius 1 is 1.05 bits per heavy atom. The Labute approximate surface area is 139 Å². The Morgan fingerprint density at radius 3 is 2.48 bits per heavy atom. The summed E-state index contributed by atoms with van der Waals surface area (Å²) in [5.41, 5.74) is 1.34. The van der Waals surface area contributed by atoms with Crippen LogP contribution in [0.4, 0.5) is 4.39 Å². The van der Waals surface area contributed by atoms with Crippen LogP contribution in [0.15, 0.2) is 36.4 Å². The lowest BCUT2D eigenvalue weighted by atomic mass is 9.98. The van der Waals surface area contributed by atoms with Crippen molar-refractivity contribution in [3.05, 3.63) is 68.4 Å². The van der Waals surface area contributed by atoms with Crippen molar-refractivity contribution in [2.75, 3.05) is 6.54 Å². The number of benzene rings is 2. The van der Waals surface area contributed by atoms with Gasteiger partial charge in [0.1, 0.15) is 5.82 Å². The second-order valence-corrected chi connectivity index (χ2v) is 5.93. The predicted octanol–water partition coefficient (Wildman–Crippen LogP) is 5.87. The van der Waals surface area contributed by atoms with Crippen molar-refractivity contribution >= 4 is 34.8 Å². The summed E-state index contributed by atoms with van der Waals surface area (Å²) < 4.78 is 14.3. The number of halogens is 4. The number of hydrogen-bond donors (Lipinski definition) is 1. The first-order valence-electron chi connectivity index (χ1n) is 6.66. The lowest BCUT2D eigenvalue weighted by molar-refractivity contribution is 0.547. The van der Waals surface area contributed by atoms with Crippen molar-refractivity contribution in [3.8, 4) is 0 Å². The molecule has 2 rings (SSSR count). The lowest BCUT2D eigenvalue weighted by Crippen LogP contribution is -2.24. The molecule has 0 heterocycles. The van der Waals surface area contributed by atoms with Crippen LogP contribution < -0.4 is 5.32 Å². The molecule has 0 aliphatic rings. The van der Waals surface area contributed by atoms with Crippen molar-refractivity contribution in [2.24, 2.45) is 0 Å². The second kappa shape index (κ2) is 7.46. The molecule has 2 aromatic carbocycles. The van der Waals surface area contributed by atoms with Crippen molar-refractivity contribution < 1.29 is 4.39 Å². The van der Waals surface area contributed by atoms with Crippen LogP contribution in [0, 0.1) is 5.82 Å². The van der Waals surface area contributed by atoms with E-state index in [-0.39, 0.29) is 11.1 Å². The van der Waals surface area contributed by atoms with Gasteiger partial charge >= 0.3 is 0 Å². The second-order valence-electron chi connectivity index (χ2n) is 4.70. The van der Waals surface area contributed by atoms with Gasteiger partial charge in [0.2, 0.25) is 0 Å². The van der Waals surface area contributed by atoms with Gasteiger partial charge < -0.3 is 5.32 Å². The van der Waals surface area contributed by atoms with E-state index in [4.69, 9.17) is 34.8 Å². The van der Waals surface area contributed by atoms with Crippen molar-refractivity contribution in [3.63, 3.8) is 0 Å². The fraction of sp³-hybridized carbons (Fsp3) is 0.250. The summed E-state index contributed by atoms with van der Waals surface area (Å²) in [4.78, 5) is 0. The summed E-state index contributed by atoms with van der Waals surface area (Å²) in [6, 6.07) is 9.96. The van der Waals surface area contributed by atoms with Gasteiger partial charge in [-0.3, -0.25) is 0 Å². The summed E-state index contributed by atoms with van der Waals surface area (Å²) in [7, 11) is 0. The van der Waals surface area contributed by atoms with Gasteiger partial charge in [-0.15, -0.1) is 0 Å². The first-order valence-corrected chi connectivity index (χ1v) is 7.80. The minimum atomic E-state index is -0.418. The zero-order valence-electron chi connectivity index (χ0n) is 11.5. The minimum Gasteiger partial charge on any atom is -0.306 e. The van der Waals surface area contributed by atoms with E-state index in [0.717, 1.165) is 18.5 Å². The Hall–Kier alpha value is -0.800. The first kappa shape index (κ1) is 16.6. The summed E-state index contributed by atoms with van der Waals surface area (Å²) in [5.74, 6) is -0.418. The van der Waals surface area contributed by atoms with E-state index in [0.29, 0.717) is 15.6 Å². The average molecular weight is 347 g/mol. The monoisotopic (exact) mass is 345 g/mol. The first-order chi connectivity index (χ1) is 10.0. The van der Waals surface area contributed by atoms with Crippen LogP contribution in [-0.4, -0.2) is 6.54 Å². The number of nitrogens with one attached hydrogen (secondary N) is 1. The van der Waals surface area contributed by atoms with Gasteiger partial charge in [-0.1, -0.05) is 59.9 Å². The van der Waals surface area contributed by atoms with Gasteiger partial charge in [-0.05, 0) is 36.7 Å². The molecular formula is C16H15Cl3FN. The van der Waals surface area contributed by atoms with Crippen molar-refractivity contribution in [2.45, 2.75) is 19.4 Å². The van der Waals surface area contributed by atoms with Gasteiger partial charge in [-0.25, -0.2) is 4.39 Å². The van der Waals surface area contributed by atoms with Crippen LogP contribution in [0.25, 0.3) is 0 Å². The van der Waals surface area contributed by atoms with E-state index in [1.165, 1.54) is 6.07 Å². The highest BCUT2D eigenvalue weighted by Crippen LogP contribution is 2.31. The normalized spacial score (nSPS) is 12.4. The highest BCUT2D eigenvalue weighted by molar-refractivity contribution is 6.42. The molecule has 2 aromatic rings. The molecule has 1 nitrogen and oxygen atoms in total. The zero-order chi connectivity index (χ0) is 15.4. The van der Waals surface area contributed by atoms with Gasteiger partial charge in [0.15, 0.2) is 0 Å². The van der Waals surface area contributed by atoms with Crippen LogP contribution in [0.3, 0.4) is 0 Å². The van der Waals surface area contributed by atoms with E-state index < -0.39 is 5.82 Å². The van der Waals surface area contributed by atoms with E-state index in [1.54, 1.807) is 24.3 Å². The van der Waals surface area contributed by atoms with Crippen LogP contribution in [0.5, 0.6) is 0 Å². The molecule has 0 radical (unpaired) electrons. The molecule has 21 heavy (non-hydrogen) atoms. The largest absolute Gasteiger partial charge is 0.306 e. The SMILES string of the molecule is CCCNC(c1ccc(Cl)c(Cl)c1)c1cccc(Cl)c1F. The molecule has 0 aliphatic heterocycles. The Kier molecular flexibility index (Phi) is 5.88. The zero-order valence-corrected chi connectivity index (χ0v) is 13.7. The number of hydrogen-bond acceptors (Lipinski definition) is 1. The predicted molar refractivity (Wildman–Crippen MR) is 88.0 cm³/mol. The Balaban J connectivity index is 2.47. The molecule has 5 heteroatoms. The van der Waals surface area contributed by atoms with Gasteiger partial charge in [0, 0.05) is 5.56 Å². The summed E-state index contributed by atoms with van der Waals surface area (Å²) in [6.07, 6.45) is 0.931. The molecular weight excluding hydrogens is 332 g/mol. The maximum absolute atomic E-state index is 14.3. The van der Waals surface area contributed by atoms with Gasteiger partial charge in [0.25, 0.3) is 0 Å². The molecule has 0 spiro atoms. The van der Waals surface area contributed by atoms with Crippen molar-refractivity contribution in [1.29, 1.82) is 0 Å². The molecule has 0 fully saturated rings.